The van der Waals surface area contributed by atoms with Gasteiger partial charge in [0, 0.05) is 16.5 Å². The van der Waals surface area contributed by atoms with E-state index in [0.717, 1.165) is 22.0 Å². The highest BCUT2D eigenvalue weighted by Crippen LogP contribution is 2.21. The van der Waals surface area contributed by atoms with E-state index in [1.807, 2.05) is 26.0 Å². The lowest BCUT2D eigenvalue weighted by molar-refractivity contribution is 0.0844. The Balaban J connectivity index is 1.74. The number of hydrogen-bond donors (Lipinski definition) is 3. The van der Waals surface area contributed by atoms with Crippen molar-refractivity contribution in [2.75, 3.05) is 0 Å². The summed E-state index contributed by atoms with van der Waals surface area (Å²) < 4.78 is 0. The molecule has 2 amide bonds. The van der Waals surface area contributed by atoms with Gasteiger partial charge in [0.2, 0.25) is 0 Å². The van der Waals surface area contributed by atoms with Crippen molar-refractivity contribution in [1.82, 2.24) is 15.8 Å². The van der Waals surface area contributed by atoms with Gasteiger partial charge in [-0.05, 0) is 49.2 Å². The number of nitrogens with one attached hydrogen (secondary N) is 3. The molecule has 5 nitrogen and oxygen atoms in total. The van der Waals surface area contributed by atoms with Gasteiger partial charge < -0.3 is 4.98 Å². The van der Waals surface area contributed by atoms with Crippen LogP contribution in [-0.2, 0) is 0 Å². The summed E-state index contributed by atoms with van der Waals surface area (Å²) in [5, 5.41) is 0.995. The Labute approximate surface area is 133 Å². The summed E-state index contributed by atoms with van der Waals surface area (Å²) in [5.74, 6) is -0.746. The van der Waals surface area contributed by atoms with E-state index in [4.69, 9.17) is 0 Å². The molecule has 0 bridgehead atoms. The van der Waals surface area contributed by atoms with Crippen molar-refractivity contribution in [3.63, 3.8) is 0 Å². The fraction of sp³-hybridized carbons (Fsp3) is 0.111. The molecule has 3 N–H and O–H groups in total. The SMILES string of the molecule is Cc1cc(C)c2cc(C(=O)NNC(=O)c3ccccc3)[nH]c2c1. The minimum atomic E-state index is -0.387. The maximum absolute atomic E-state index is 12.2. The van der Waals surface area contributed by atoms with Gasteiger partial charge in [-0.25, -0.2) is 0 Å². The molecule has 0 aliphatic heterocycles. The number of amides is 2. The van der Waals surface area contributed by atoms with Gasteiger partial charge >= 0.3 is 0 Å². The molecule has 0 aliphatic rings. The average molecular weight is 307 g/mol. The van der Waals surface area contributed by atoms with Gasteiger partial charge in [0.25, 0.3) is 11.8 Å². The highest BCUT2D eigenvalue weighted by atomic mass is 16.2. The smallest absolute Gasteiger partial charge is 0.286 e. The van der Waals surface area contributed by atoms with Crippen LogP contribution in [0.2, 0.25) is 0 Å². The number of aryl methyl sites for hydroxylation is 2. The maximum atomic E-state index is 12.2. The van der Waals surface area contributed by atoms with Crippen molar-refractivity contribution in [2.24, 2.45) is 0 Å². The van der Waals surface area contributed by atoms with Crippen molar-refractivity contribution in [3.05, 3.63) is 70.9 Å². The van der Waals surface area contributed by atoms with E-state index in [1.165, 1.54) is 0 Å². The Hall–Kier alpha value is -3.08. The third-order valence-corrected chi connectivity index (χ3v) is 3.66. The van der Waals surface area contributed by atoms with E-state index < -0.39 is 0 Å². The predicted octanol–water partition coefficient (Wildman–Crippen LogP) is 2.86. The Morgan fingerprint density at radius 1 is 0.913 bits per heavy atom. The van der Waals surface area contributed by atoms with Gasteiger partial charge in [0.1, 0.15) is 5.69 Å². The van der Waals surface area contributed by atoms with Gasteiger partial charge in [-0.3, -0.25) is 20.4 Å². The van der Waals surface area contributed by atoms with Crippen LogP contribution >= 0.6 is 0 Å². The maximum Gasteiger partial charge on any atom is 0.286 e. The van der Waals surface area contributed by atoms with Crippen molar-refractivity contribution in [1.29, 1.82) is 0 Å². The van der Waals surface area contributed by atoms with Crippen LogP contribution in [0.3, 0.4) is 0 Å². The highest BCUT2D eigenvalue weighted by molar-refractivity contribution is 6.01. The molecule has 0 saturated carbocycles. The molecule has 5 heteroatoms. The second kappa shape index (κ2) is 5.96. The summed E-state index contributed by atoms with van der Waals surface area (Å²) in [6.07, 6.45) is 0. The Morgan fingerprint density at radius 3 is 2.35 bits per heavy atom. The number of carbonyl (C=O) groups is 2. The zero-order valence-electron chi connectivity index (χ0n) is 12.9. The number of H-pyrrole nitrogens is 1. The Kier molecular flexibility index (Phi) is 3.85. The second-order valence-electron chi connectivity index (χ2n) is 5.50. The van der Waals surface area contributed by atoms with Crippen LogP contribution in [0.5, 0.6) is 0 Å². The molecule has 3 aromatic rings. The first-order valence-corrected chi connectivity index (χ1v) is 7.30. The van der Waals surface area contributed by atoms with Crippen molar-refractivity contribution < 1.29 is 9.59 Å². The number of aromatic amines is 1. The largest absolute Gasteiger partial charge is 0.350 e. The average Bonchev–Trinajstić information content (AvgIpc) is 2.97. The van der Waals surface area contributed by atoms with Gasteiger partial charge in [-0.2, -0.15) is 0 Å². The first kappa shape index (κ1) is 14.8. The number of hydrogen-bond acceptors (Lipinski definition) is 2. The number of benzene rings is 2. The van der Waals surface area contributed by atoms with E-state index in [0.29, 0.717) is 11.3 Å². The van der Waals surface area contributed by atoms with Crippen LogP contribution in [0.4, 0.5) is 0 Å². The second-order valence-corrected chi connectivity index (χ2v) is 5.50. The van der Waals surface area contributed by atoms with Crippen molar-refractivity contribution in [3.8, 4) is 0 Å². The van der Waals surface area contributed by atoms with E-state index in [1.54, 1.807) is 30.3 Å². The molecular weight excluding hydrogens is 290 g/mol. The predicted molar refractivity (Wildman–Crippen MR) is 89.1 cm³/mol. The molecule has 0 fully saturated rings. The molecular formula is C18H17N3O2. The lowest BCUT2D eigenvalue weighted by atomic mass is 10.1. The minimum absolute atomic E-state index is 0.359. The summed E-state index contributed by atoms with van der Waals surface area (Å²) in [5.41, 5.74) is 8.85. The third kappa shape index (κ3) is 3.08. The van der Waals surface area contributed by atoms with E-state index in [9.17, 15) is 9.59 Å². The molecule has 1 aromatic heterocycles. The van der Waals surface area contributed by atoms with Crippen LogP contribution in [0.15, 0.2) is 48.5 Å². The molecule has 23 heavy (non-hydrogen) atoms. The first-order chi connectivity index (χ1) is 11.0. The molecule has 0 unspecified atom stereocenters. The van der Waals surface area contributed by atoms with Gasteiger partial charge in [-0.15, -0.1) is 0 Å². The standard InChI is InChI=1S/C18H17N3O2/c1-11-8-12(2)14-10-16(19-15(14)9-11)18(23)21-20-17(22)13-6-4-3-5-7-13/h3-10,19H,1-2H3,(H,20,22)(H,21,23). The Bertz CT molecular complexity index is 882. The monoisotopic (exact) mass is 307 g/mol. The summed E-state index contributed by atoms with van der Waals surface area (Å²) in [6, 6.07) is 14.5. The number of aromatic nitrogens is 1. The van der Waals surface area contributed by atoms with Crippen LogP contribution in [0, 0.1) is 13.8 Å². The summed E-state index contributed by atoms with van der Waals surface area (Å²) in [7, 11) is 0. The fourth-order valence-electron chi connectivity index (χ4n) is 2.56. The quantitative estimate of drug-likeness (QED) is 0.637. The molecule has 0 spiro atoms. The first-order valence-electron chi connectivity index (χ1n) is 7.30. The van der Waals surface area contributed by atoms with Crippen LogP contribution in [-0.4, -0.2) is 16.8 Å². The Morgan fingerprint density at radius 2 is 1.61 bits per heavy atom. The molecule has 0 radical (unpaired) electrons. The molecule has 0 saturated heterocycles. The van der Waals surface area contributed by atoms with Crippen molar-refractivity contribution in [2.45, 2.75) is 13.8 Å². The number of fused-ring (bicyclic) bond motifs is 1. The zero-order chi connectivity index (χ0) is 16.4. The lowest BCUT2D eigenvalue weighted by Gasteiger charge is -2.06. The van der Waals surface area contributed by atoms with Gasteiger partial charge in [0.15, 0.2) is 0 Å². The molecule has 0 aliphatic carbocycles. The third-order valence-electron chi connectivity index (χ3n) is 3.66. The molecule has 2 aromatic carbocycles. The highest BCUT2D eigenvalue weighted by Gasteiger charge is 2.12. The summed E-state index contributed by atoms with van der Waals surface area (Å²) in [4.78, 5) is 27.2. The molecule has 1 heterocycles. The zero-order valence-corrected chi connectivity index (χ0v) is 12.9. The van der Waals surface area contributed by atoms with Crippen molar-refractivity contribution >= 4 is 22.7 Å². The summed E-state index contributed by atoms with van der Waals surface area (Å²) >= 11 is 0. The normalized spacial score (nSPS) is 10.5. The fourth-order valence-corrected chi connectivity index (χ4v) is 2.56. The molecule has 3 rings (SSSR count). The molecule has 116 valence electrons. The van der Waals surface area contributed by atoms with Crippen LogP contribution in [0.1, 0.15) is 32.0 Å². The van der Waals surface area contributed by atoms with Crippen LogP contribution in [0.25, 0.3) is 10.9 Å². The molecule has 0 atom stereocenters. The van der Waals surface area contributed by atoms with E-state index in [2.05, 4.69) is 21.9 Å². The topological polar surface area (TPSA) is 74.0 Å². The number of carbonyl (C=O) groups excluding carboxylic acids is 2. The van der Waals surface area contributed by atoms with Gasteiger partial charge in [0.05, 0.1) is 0 Å². The minimum Gasteiger partial charge on any atom is -0.350 e. The van der Waals surface area contributed by atoms with Crippen LogP contribution < -0.4 is 10.9 Å². The number of rotatable bonds is 2. The van der Waals surface area contributed by atoms with E-state index >= 15 is 0 Å². The number of hydrazine groups is 1. The lowest BCUT2D eigenvalue weighted by Crippen LogP contribution is -2.41. The van der Waals surface area contributed by atoms with Gasteiger partial charge in [-0.1, -0.05) is 24.3 Å². The van der Waals surface area contributed by atoms with E-state index in [-0.39, 0.29) is 11.8 Å². The summed E-state index contributed by atoms with van der Waals surface area (Å²) in [6.45, 7) is 4.01.